The molecule has 7 aliphatic rings. The normalized spacial score (nSPS) is 29.3. The molecule has 36 heteroatoms. The zero-order valence-corrected chi connectivity index (χ0v) is 56.0. The molecule has 18 atom stereocenters. The molecule has 7 amide bonds. The predicted molar refractivity (Wildman–Crippen MR) is 351 cm³/mol. The summed E-state index contributed by atoms with van der Waals surface area (Å²) in [5, 5.41) is 141. The van der Waals surface area contributed by atoms with Crippen molar-refractivity contribution in [1.82, 2.24) is 37.2 Å². The number of carbonyl (C=O) groups is 8. The smallest absolute Gasteiger partial charge is 0.330 e. The van der Waals surface area contributed by atoms with E-state index in [1.165, 1.54) is 26.1 Å². The molecule has 102 heavy (non-hydrogen) atoms. The zero-order chi connectivity index (χ0) is 74.2. The molecule has 5 aromatic rings. The molecule has 34 nitrogen and oxygen atoms in total. The van der Waals surface area contributed by atoms with Crippen LogP contribution in [0.3, 0.4) is 0 Å². The highest BCUT2D eigenvalue weighted by Crippen LogP contribution is 2.50. The van der Waals surface area contributed by atoms with E-state index >= 15 is 14.4 Å². The van der Waals surface area contributed by atoms with E-state index < -0.39 is 244 Å². The quantitative estimate of drug-likeness (QED) is 0.0639. The fraction of sp³-hybridized carbons (Fsp3) is 0.424. The number of ether oxygens (including phenoxy) is 6. The van der Waals surface area contributed by atoms with Gasteiger partial charge in [-0.05, 0) is 103 Å². The number of phenolic OH excluding ortho intramolecular Hbond substituents is 3. The van der Waals surface area contributed by atoms with Gasteiger partial charge in [0, 0.05) is 34.7 Å². The van der Waals surface area contributed by atoms with Gasteiger partial charge in [-0.25, -0.2) is 4.79 Å². The van der Waals surface area contributed by atoms with Crippen LogP contribution in [0.25, 0.3) is 11.1 Å². The van der Waals surface area contributed by atoms with Crippen molar-refractivity contribution in [3.63, 3.8) is 0 Å². The van der Waals surface area contributed by atoms with E-state index in [4.69, 9.17) is 63.1 Å². The molecule has 12 rings (SSSR count). The Hall–Kier alpha value is -9.24. The van der Waals surface area contributed by atoms with E-state index in [1.807, 2.05) is 13.8 Å². The van der Waals surface area contributed by atoms with Crippen LogP contribution in [0.4, 0.5) is 0 Å². The van der Waals surface area contributed by atoms with Crippen molar-refractivity contribution in [1.29, 1.82) is 0 Å². The number of rotatable bonds is 14. The third kappa shape index (κ3) is 15.9. The number of hydrogen-bond acceptors (Lipinski definition) is 26. The summed E-state index contributed by atoms with van der Waals surface area (Å²) >= 11 is 14.1. The molecule has 11 bridgehead atoms. The second-order valence-corrected chi connectivity index (χ2v) is 26.5. The summed E-state index contributed by atoms with van der Waals surface area (Å²) in [5.74, 6) is -16.3. The van der Waals surface area contributed by atoms with E-state index in [2.05, 4.69) is 37.2 Å². The van der Waals surface area contributed by atoms with Gasteiger partial charge in [-0.1, -0.05) is 55.2 Å². The lowest BCUT2D eigenvalue weighted by atomic mass is 9.86. The number of aliphatic hydroxyl groups is 7. The standard InChI is InChI=1S/C66H75Cl2N9O25/c1-23(2)11-33(71-4)58(89)76-49-51(84)25-6-9-37(31(67)13-25)97-39-15-27-16-40(55(39)102-65-56(54(87)53(86)41(21-78)100-65)101-44-20-66(3,70)57(88)42(22-79)99-44)98-38-10-7-26(14-32(38)68)52(85)50-63(94)75-48(64(95)96)30-17-28(80)18-36(82)45(30)29-12-24(5-8-35(29)81)46(60(91)77-50)74-61(92)47(27)73-59(90)34(19-43(69)83)72-62(49)93/h5-10,12-18,23,33-34,41-42,44,46-54,56-57,65,71,78-82,84-88H,11,19-22,70H2,1-4H3,(H2,69,83)(H,72,93)(H,73,90)(H,74,92)(H,75,94)(H,76,89)(H,77,91)(H,95,96)/t33-,34+,41-,42+,44+,46-,47-,48+,49-,50+,51-,52-,53-,54+,56-,57-,65+,66+/m1/s1. The minimum atomic E-state index is -2.37. The fourth-order valence-corrected chi connectivity index (χ4v) is 12.9. The Bertz CT molecular complexity index is 4100. The Labute approximate surface area is 589 Å². The number of carbonyl (C=O) groups excluding carboxylic acids is 7. The Morgan fingerprint density at radius 2 is 1.28 bits per heavy atom. The maximum atomic E-state index is 16.0. The predicted octanol–water partition coefficient (Wildman–Crippen LogP) is -0.921. The SMILES string of the molecule is CN[C@H](CC(C)C)C(=O)N[C@H]1C(=O)N[C@@H](CC(N)=O)C(=O)N[C@H]2C(=O)N[C@H]3C(=O)N[C@H](C(=O)N[C@H](C(=O)O)c4cc(O)cc(O)c4-c4cc3ccc4O)[C@H](O)c3ccc(c(Cl)c3)Oc3cc2cc(c3O[C@@H]2O[C@H](CO)[C@@H](O)[C@H](O)[C@H]2O[C@H]2C[C@](C)(N)[C@H](O)[C@H](CO)O2)Oc2ccc(cc2Cl)[C@H]1O. The lowest BCUT2D eigenvalue weighted by Gasteiger charge is -2.47. The van der Waals surface area contributed by atoms with Gasteiger partial charge in [-0.3, -0.25) is 33.6 Å². The minimum absolute atomic E-state index is 0.105. The number of carboxylic acid groups (broad SMARTS) is 1. The van der Waals surface area contributed by atoms with Crippen LogP contribution in [0.5, 0.6) is 46.0 Å². The molecular weight excluding hydrogens is 1390 g/mol. The lowest BCUT2D eigenvalue weighted by molar-refractivity contribution is -0.336. The summed E-state index contributed by atoms with van der Waals surface area (Å²) in [7, 11) is 1.47. The minimum Gasteiger partial charge on any atom is -0.508 e. The Kier molecular flexibility index (Phi) is 22.7. The molecule has 5 aromatic carbocycles. The first-order chi connectivity index (χ1) is 48.2. The average Bonchev–Trinajstić information content (AvgIpc) is 0.770. The van der Waals surface area contributed by atoms with Gasteiger partial charge in [0.1, 0.15) is 102 Å². The van der Waals surface area contributed by atoms with Crippen LogP contribution in [0.1, 0.15) is 98.2 Å². The highest BCUT2D eigenvalue weighted by molar-refractivity contribution is 6.32. The number of halogens is 2. The second-order valence-electron chi connectivity index (χ2n) is 25.7. The fourth-order valence-electron chi connectivity index (χ4n) is 12.5. The third-order valence-electron chi connectivity index (χ3n) is 17.8. The number of carboxylic acids is 1. The molecule has 2 fully saturated rings. The molecule has 7 heterocycles. The molecule has 0 unspecified atom stereocenters. The van der Waals surface area contributed by atoms with Gasteiger partial charge in [0.15, 0.2) is 29.9 Å². The van der Waals surface area contributed by atoms with Crippen molar-refractivity contribution in [3.8, 4) is 57.1 Å². The van der Waals surface area contributed by atoms with E-state index in [0.29, 0.717) is 0 Å². The zero-order valence-electron chi connectivity index (χ0n) is 54.5. The summed E-state index contributed by atoms with van der Waals surface area (Å²) in [5.41, 5.74) is 7.72. The van der Waals surface area contributed by atoms with Crippen LogP contribution in [0, 0.1) is 5.92 Å². The highest BCUT2D eigenvalue weighted by Gasteiger charge is 2.52. The summed E-state index contributed by atoms with van der Waals surface area (Å²) in [6, 6.07) is -0.956. The van der Waals surface area contributed by atoms with Gasteiger partial charge in [-0.2, -0.15) is 0 Å². The number of nitrogens with one attached hydrogen (secondary N) is 7. The third-order valence-corrected chi connectivity index (χ3v) is 18.4. The van der Waals surface area contributed by atoms with Gasteiger partial charge in [0.05, 0.1) is 35.7 Å². The van der Waals surface area contributed by atoms with E-state index in [9.17, 15) is 80.1 Å². The van der Waals surface area contributed by atoms with Gasteiger partial charge in [0.25, 0.3) is 0 Å². The number of primary amides is 1. The van der Waals surface area contributed by atoms with Crippen molar-refractivity contribution in [2.45, 2.75) is 149 Å². The first kappa shape index (κ1) is 75.4. The number of fused-ring (bicyclic) bond motifs is 15. The maximum absolute atomic E-state index is 16.0. The second kappa shape index (κ2) is 30.8. The van der Waals surface area contributed by atoms with Crippen LogP contribution >= 0.6 is 23.2 Å². The first-order valence-corrected chi connectivity index (χ1v) is 32.5. The van der Waals surface area contributed by atoms with Crippen LogP contribution in [-0.4, -0.2) is 203 Å². The Balaban J connectivity index is 1.24. The van der Waals surface area contributed by atoms with Crippen molar-refractivity contribution in [2.75, 3.05) is 20.3 Å². The van der Waals surface area contributed by atoms with Crippen molar-refractivity contribution in [3.05, 3.63) is 117 Å². The molecule has 0 aromatic heterocycles. The number of aromatic hydroxyl groups is 3. The van der Waals surface area contributed by atoms with Gasteiger partial charge in [0.2, 0.25) is 53.4 Å². The number of amides is 7. The Morgan fingerprint density at radius 3 is 1.87 bits per heavy atom. The summed E-state index contributed by atoms with van der Waals surface area (Å²) in [6.45, 7) is 3.24. The summed E-state index contributed by atoms with van der Waals surface area (Å²) in [4.78, 5) is 117. The maximum Gasteiger partial charge on any atom is 0.330 e. The molecule has 22 N–H and O–H groups in total. The van der Waals surface area contributed by atoms with Crippen LogP contribution in [-0.2, 0) is 52.6 Å². The summed E-state index contributed by atoms with van der Waals surface area (Å²) in [6.07, 6.45) is -19.8. The molecule has 7 aliphatic heterocycles. The van der Waals surface area contributed by atoms with Gasteiger partial charge >= 0.3 is 5.97 Å². The monoisotopic (exact) mass is 1460 g/mol. The number of nitrogens with two attached hydrogens (primary N) is 2. The lowest BCUT2D eigenvalue weighted by Crippen LogP contribution is -2.65. The van der Waals surface area contributed by atoms with E-state index in [-0.39, 0.29) is 46.2 Å². The molecular formula is C66H75Cl2N9O25. The highest BCUT2D eigenvalue weighted by atomic mass is 35.5. The topological polar surface area (TPSA) is 551 Å². The number of benzene rings is 5. The molecule has 0 saturated carbocycles. The van der Waals surface area contributed by atoms with Crippen molar-refractivity contribution in [2.24, 2.45) is 17.4 Å². The Morgan fingerprint density at radius 1 is 0.686 bits per heavy atom. The molecule has 0 spiro atoms. The number of hydrogen-bond donors (Lipinski definition) is 20. The number of aliphatic carboxylic acids is 1. The molecule has 2 saturated heterocycles. The number of aliphatic hydroxyl groups excluding tert-OH is 7. The number of phenols is 3. The molecule has 0 aliphatic carbocycles. The van der Waals surface area contributed by atoms with Crippen LogP contribution in [0.2, 0.25) is 10.0 Å². The van der Waals surface area contributed by atoms with Crippen molar-refractivity contribution >= 4 is 70.5 Å². The number of likely N-dealkylation sites (N-methyl/N-ethyl adjacent to an activating group) is 1. The first-order valence-electron chi connectivity index (χ1n) is 31.8. The summed E-state index contributed by atoms with van der Waals surface area (Å²) < 4.78 is 38.1. The average molecular weight is 1470 g/mol. The molecule has 548 valence electrons. The van der Waals surface area contributed by atoms with Crippen LogP contribution < -0.4 is 62.9 Å². The van der Waals surface area contributed by atoms with E-state index in [0.717, 1.165) is 66.7 Å². The van der Waals surface area contributed by atoms with Crippen LogP contribution in [0.15, 0.2) is 78.9 Å². The van der Waals surface area contributed by atoms with Crippen molar-refractivity contribution < 1.29 is 123 Å². The van der Waals surface area contributed by atoms with Gasteiger partial charge in [-0.15, -0.1) is 0 Å². The van der Waals surface area contributed by atoms with Gasteiger partial charge < -0.3 is 133 Å². The largest absolute Gasteiger partial charge is 0.508 e. The van der Waals surface area contributed by atoms with E-state index in [1.54, 1.807) is 0 Å². The molecule has 0 radical (unpaired) electrons.